The number of likely N-dealkylation sites (N-methyl/N-ethyl adjacent to an activating group) is 1. The van der Waals surface area contributed by atoms with E-state index in [1.165, 1.54) is 5.56 Å². The lowest BCUT2D eigenvalue weighted by Gasteiger charge is -2.32. The molecule has 0 aliphatic carbocycles. The van der Waals surface area contributed by atoms with E-state index in [0.717, 1.165) is 31.7 Å². The minimum Gasteiger partial charge on any atom is -0.493 e. The molecule has 2 heteroatoms. The first kappa shape index (κ1) is 12.0. The molecule has 0 saturated heterocycles. The summed E-state index contributed by atoms with van der Waals surface area (Å²) in [4.78, 5) is 0. The van der Waals surface area contributed by atoms with Gasteiger partial charge in [-0.05, 0) is 24.6 Å². The molecule has 1 aliphatic rings. The molecular weight excluding hydrogens is 210 g/mol. The van der Waals surface area contributed by atoms with Crippen LogP contribution in [0.25, 0.3) is 0 Å². The van der Waals surface area contributed by atoms with Gasteiger partial charge in [0.25, 0.3) is 0 Å². The van der Waals surface area contributed by atoms with Gasteiger partial charge < -0.3 is 10.1 Å². The lowest BCUT2D eigenvalue weighted by atomic mass is 9.85. The SMILES string of the molecule is C#CCC(NCC)C1CCOc2ccccc21. The number of ether oxygens (including phenoxy) is 1. The molecule has 2 rings (SSSR count). The quantitative estimate of drug-likeness (QED) is 0.801. The van der Waals surface area contributed by atoms with E-state index in [0.29, 0.717) is 12.0 Å². The van der Waals surface area contributed by atoms with Crippen molar-refractivity contribution in [2.45, 2.75) is 31.7 Å². The Labute approximate surface area is 103 Å². The first-order chi connectivity index (χ1) is 8.36. The first-order valence-electron chi connectivity index (χ1n) is 6.25. The molecular formula is C15H19NO. The monoisotopic (exact) mass is 229 g/mol. The predicted octanol–water partition coefficient (Wildman–Crippen LogP) is 2.55. The second-order valence-electron chi connectivity index (χ2n) is 4.35. The number of fused-ring (bicyclic) bond motifs is 1. The lowest BCUT2D eigenvalue weighted by molar-refractivity contribution is 0.246. The summed E-state index contributed by atoms with van der Waals surface area (Å²) in [6, 6.07) is 8.64. The summed E-state index contributed by atoms with van der Waals surface area (Å²) < 4.78 is 5.68. The molecule has 1 aliphatic heterocycles. The molecule has 1 N–H and O–H groups in total. The van der Waals surface area contributed by atoms with Crippen molar-refractivity contribution in [3.8, 4) is 18.1 Å². The summed E-state index contributed by atoms with van der Waals surface area (Å²) in [6.07, 6.45) is 7.27. The molecule has 1 heterocycles. The average molecular weight is 229 g/mol. The predicted molar refractivity (Wildman–Crippen MR) is 70.2 cm³/mol. The van der Waals surface area contributed by atoms with Crippen molar-refractivity contribution < 1.29 is 4.74 Å². The van der Waals surface area contributed by atoms with E-state index in [1.54, 1.807) is 0 Å². The van der Waals surface area contributed by atoms with Gasteiger partial charge in [0.05, 0.1) is 6.61 Å². The zero-order valence-corrected chi connectivity index (χ0v) is 10.3. The molecule has 0 amide bonds. The summed E-state index contributed by atoms with van der Waals surface area (Å²) in [5, 5.41) is 3.50. The second-order valence-corrected chi connectivity index (χ2v) is 4.35. The number of para-hydroxylation sites is 1. The summed E-state index contributed by atoms with van der Waals surface area (Å²) in [7, 11) is 0. The van der Waals surface area contributed by atoms with Gasteiger partial charge in [0.2, 0.25) is 0 Å². The van der Waals surface area contributed by atoms with E-state index < -0.39 is 0 Å². The fourth-order valence-corrected chi connectivity index (χ4v) is 2.53. The van der Waals surface area contributed by atoms with E-state index in [-0.39, 0.29) is 0 Å². The van der Waals surface area contributed by atoms with E-state index in [2.05, 4.69) is 30.3 Å². The second kappa shape index (κ2) is 5.75. The molecule has 2 nitrogen and oxygen atoms in total. The van der Waals surface area contributed by atoms with Crippen molar-refractivity contribution in [3.05, 3.63) is 29.8 Å². The van der Waals surface area contributed by atoms with E-state index >= 15 is 0 Å². The number of rotatable bonds is 4. The van der Waals surface area contributed by atoms with Crippen molar-refractivity contribution >= 4 is 0 Å². The molecule has 0 spiro atoms. The van der Waals surface area contributed by atoms with Gasteiger partial charge in [-0.3, -0.25) is 0 Å². The average Bonchev–Trinajstić information content (AvgIpc) is 2.38. The number of terminal acetylenes is 1. The van der Waals surface area contributed by atoms with Crippen LogP contribution in [0.1, 0.15) is 31.2 Å². The highest BCUT2D eigenvalue weighted by molar-refractivity contribution is 5.38. The molecule has 0 saturated carbocycles. The summed E-state index contributed by atoms with van der Waals surface area (Å²) in [6.45, 7) is 3.86. The van der Waals surface area contributed by atoms with Crippen LogP contribution in [0.5, 0.6) is 5.75 Å². The molecule has 0 bridgehead atoms. The normalized spacial score (nSPS) is 19.9. The van der Waals surface area contributed by atoms with E-state index in [9.17, 15) is 0 Å². The van der Waals surface area contributed by atoms with Gasteiger partial charge in [-0.25, -0.2) is 0 Å². The maximum Gasteiger partial charge on any atom is 0.122 e. The Morgan fingerprint density at radius 1 is 1.53 bits per heavy atom. The van der Waals surface area contributed by atoms with Crippen LogP contribution in [0.3, 0.4) is 0 Å². The Balaban J connectivity index is 2.24. The van der Waals surface area contributed by atoms with Crippen molar-refractivity contribution in [2.24, 2.45) is 0 Å². The van der Waals surface area contributed by atoms with E-state index in [1.807, 2.05) is 12.1 Å². The van der Waals surface area contributed by atoms with Crippen LogP contribution >= 0.6 is 0 Å². The number of hydrogen-bond acceptors (Lipinski definition) is 2. The Morgan fingerprint density at radius 3 is 3.12 bits per heavy atom. The minimum atomic E-state index is 0.357. The minimum absolute atomic E-state index is 0.357. The lowest BCUT2D eigenvalue weighted by Crippen LogP contribution is -2.36. The van der Waals surface area contributed by atoms with Gasteiger partial charge >= 0.3 is 0 Å². The maximum atomic E-state index is 5.68. The number of nitrogens with one attached hydrogen (secondary N) is 1. The fraction of sp³-hybridized carbons (Fsp3) is 0.467. The van der Waals surface area contributed by atoms with Gasteiger partial charge in [0.15, 0.2) is 0 Å². The molecule has 2 unspecified atom stereocenters. The van der Waals surface area contributed by atoms with Gasteiger partial charge in [-0.1, -0.05) is 25.1 Å². The van der Waals surface area contributed by atoms with Crippen LogP contribution in [0.4, 0.5) is 0 Å². The van der Waals surface area contributed by atoms with Crippen LogP contribution in [0.15, 0.2) is 24.3 Å². The van der Waals surface area contributed by atoms with Crippen molar-refractivity contribution in [1.82, 2.24) is 5.32 Å². The standard InChI is InChI=1S/C15H19NO/c1-3-7-14(16-4-2)12-10-11-17-15-9-6-5-8-13(12)15/h1,5-6,8-9,12,14,16H,4,7,10-11H2,2H3. The van der Waals surface area contributed by atoms with E-state index in [4.69, 9.17) is 11.2 Å². The molecule has 1 aromatic rings. The van der Waals surface area contributed by atoms with Crippen LogP contribution in [-0.4, -0.2) is 19.2 Å². The third-order valence-electron chi connectivity index (χ3n) is 3.29. The molecule has 0 fully saturated rings. The van der Waals surface area contributed by atoms with Crippen LogP contribution in [0, 0.1) is 12.3 Å². The molecule has 90 valence electrons. The van der Waals surface area contributed by atoms with Crippen LogP contribution < -0.4 is 10.1 Å². The largest absolute Gasteiger partial charge is 0.493 e. The van der Waals surface area contributed by atoms with Crippen LogP contribution in [-0.2, 0) is 0 Å². The van der Waals surface area contributed by atoms with Crippen molar-refractivity contribution in [2.75, 3.05) is 13.2 Å². The summed E-state index contributed by atoms with van der Waals surface area (Å²) in [5.74, 6) is 4.26. The molecule has 1 aromatic carbocycles. The van der Waals surface area contributed by atoms with Gasteiger partial charge in [-0.15, -0.1) is 12.3 Å². The summed E-state index contributed by atoms with van der Waals surface area (Å²) in [5.41, 5.74) is 1.29. The zero-order valence-electron chi connectivity index (χ0n) is 10.3. The van der Waals surface area contributed by atoms with Crippen molar-refractivity contribution in [1.29, 1.82) is 0 Å². The molecule has 0 aromatic heterocycles. The van der Waals surface area contributed by atoms with Crippen molar-refractivity contribution in [3.63, 3.8) is 0 Å². The number of hydrogen-bond donors (Lipinski definition) is 1. The topological polar surface area (TPSA) is 21.3 Å². The highest BCUT2D eigenvalue weighted by Gasteiger charge is 2.27. The fourth-order valence-electron chi connectivity index (χ4n) is 2.53. The Morgan fingerprint density at radius 2 is 2.35 bits per heavy atom. The Hall–Kier alpha value is -1.46. The summed E-state index contributed by atoms with van der Waals surface area (Å²) >= 11 is 0. The third kappa shape index (κ3) is 2.62. The van der Waals surface area contributed by atoms with Gasteiger partial charge in [0, 0.05) is 18.4 Å². The maximum absolute atomic E-state index is 5.68. The highest BCUT2D eigenvalue weighted by atomic mass is 16.5. The first-order valence-corrected chi connectivity index (χ1v) is 6.25. The smallest absolute Gasteiger partial charge is 0.122 e. The van der Waals surface area contributed by atoms with Gasteiger partial charge in [-0.2, -0.15) is 0 Å². The highest BCUT2D eigenvalue weighted by Crippen LogP contribution is 2.36. The molecule has 17 heavy (non-hydrogen) atoms. The Bertz CT molecular complexity index is 408. The van der Waals surface area contributed by atoms with Gasteiger partial charge in [0.1, 0.15) is 5.75 Å². The third-order valence-corrected chi connectivity index (χ3v) is 3.29. The molecule has 0 radical (unpaired) electrons. The zero-order chi connectivity index (χ0) is 12.1. The van der Waals surface area contributed by atoms with Crippen LogP contribution in [0.2, 0.25) is 0 Å². The number of benzene rings is 1. The Kier molecular flexibility index (Phi) is 4.06. The molecule has 2 atom stereocenters.